The van der Waals surface area contributed by atoms with Crippen molar-refractivity contribution in [1.82, 2.24) is 0 Å². The van der Waals surface area contributed by atoms with Gasteiger partial charge in [0, 0.05) is 13.7 Å². The highest BCUT2D eigenvalue weighted by molar-refractivity contribution is 7.91. The Bertz CT molecular complexity index is 317. The molecule has 0 bridgehead atoms. The van der Waals surface area contributed by atoms with Crippen molar-refractivity contribution in [1.29, 1.82) is 0 Å². The van der Waals surface area contributed by atoms with Crippen molar-refractivity contribution in [3.05, 3.63) is 0 Å². The molecule has 0 radical (unpaired) electrons. The minimum atomic E-state index is -2.86. The van der Waals surface area contributed by atoms with Crippen molar-refractivity contribution >= 4 is 9.84 Å². The molecule has 6 heteroatoms. The van der Waals surface area contributed by atoms with Crippen molar-refractivity contribution in [2.24, 2.45) is 11.1 Å². The van der Waals surface area contributed by atoms with Gasteiger partial charge in [-0.05, 0) is 31.2 Å². The molecule has 1 aliphatic rings. The topological polar surface area (TPSA) is 78.6 Å². The fourth-order valence-electron chi connectivity index (χ4n) is 2.24. The molecule has 1 atom stereocenters. The highest BCUT2D eigenvalue weighted by Crippen LogP contribution is 2.35. The second-order valence-corrected chi connectivity index (χ2v) is 6.94. The Labute approximate surface area is 104 Å². The van der Waals surface area contributed by atoms with E-state index in [2.05, 4.69) is 0 Å². The highest BCUT2D eigenvalue weighted by atomic mass is 32.2. The van der Waals surface area contributed by atoms with Crippen molar-refractivity contribution in [3.63, 3.8) is 0 Å². The second kappa shape index (κ2) is 6.68. The Kier molecular flexibility index (Phi) is 5.85. The molecule has 1 saturated heterocycles. The summed E-state index contributed by atoms with van der Waals surface area (Å²) < 4.78 is 33.2. The number of sulfone groups is 1. The predicted octanol–water partition coefficient (Wildman–Crippen LogP) is 0.193. The standard InChI is InChI=1S/C11H23NO4S/c1-15-6-7-16-5-2-3-11(9-12)4-8-17(13,14)10-11/h2-10,12H2,1H3. The molecule has 0 aliphatic carbocycles. The van der Waals surface area contributed by atoms with Gasteiger partial charge >= 0.3 is 0 Å². The first-order chi connectivity index (χ1) is 8.04. The summed E-state index contributed by atoms with van der Waals surface area (Å²) in [6.45, 7) is 2.27. The molecule has 1 rings (SSSR count). The molecule has 0 saturated carbocycles. The quantitative estimate of drug-likeness (QED) is 0.634. The lowest BCUT2D eigenvalue weighted by Gasteiger charge is -2.25. The molecule has 1 heterocycles. The molecule has 0 aromatic carbocycles. The van der Waals surface area contributed by atoms with Crippen LogP contribution in [0.25, 0.3) is 0 Å². The Morgan fingerprint density at radius 2 is 2.06 bits per heavy atom. The van der Waals surface area contributed by atoms with Gasteiger partial charge in [-0.25, -0.2) is 8.42 Å². The zero-order valence-electron chi connectivity index (χ0n) is 10.5. The van der Waals surface area contributed by atoms with Crippen LogP contribution < -0.4 is 5.73 Å². The Morgan fingerprint density at radius 3 is 2.59 bits per heavy atom. The van der Waals surface area contributed by atoms with Gasteiger partial charge in [-0.3, -0.25) is 0 Å². The number of nitrogens with two attached hydrogens (primary N) is 1. The first-order valence-corrected chi connectivity index (χ1v) is 7.83. The fourth-order valence-corrected chi connectivity index (χ4v) is 4.46. The monoisotopic (exact) mass is 265 g/mol. The van der Waals surface area contributed by atoms with Gasteiger partial charge in [0.25, 0.3) is 0 Å². The maximum atomic E-state index is 11.5. The Hall–Kier alpha value is -0.170. The second-order valence-electron chi connectivity index (χ2n) is 4.75. The number of hydrogen-bond donors (Lipinski definition) is 1. The lowest BCUT2D eigenvalue weighted by molar-refractivity contribution is 0.0647. The van der Waals surface area contributed by atoms with Crippen LogP contribution >= 0.6 is 0 Å². The van der Waals surface area contributed by atoms with E-state index in [0.29, 0.717) is 32.8 Å². The molecule has 0 aromatic heterocycles. The summed E-state index contributed by atoms with van der Waals surface area (Å²) in [5.41, 5.74) is 5.52. The minimum Gasteiger partial charge on any atom is -0.382 e. The van der Waals surface area contributed by atoms with Gasteiger partial charge in [0.2, 0.25) is 0 Å². The molecule has 1 aliphatic heterocycles. The van der Waals surface area contributed by atoms with Gasteiger partial charge in [-0.15, -0.1) is 0 Å². The molecule has 5 nitrogen and oxygen atoms in total. The normalized spacial score (nSPS) is 27.4. The van der Waals surface area contributed by atoms with Gasteiger partial charge in [0.1, 0.15) is 0 Å². The summed E-state index contributed by atoms with van der Waals surface area (Å²) in [6.07, 6.45) is 2.38. The summed E-state index contributed by atoms with van der Waals surface area (Å²) in [4.78, 5) is 0. The lowest BCUT2D eigenvalue weighted by atomic mass is 9.83. The molecule has 0 amide bonds. The van der Waals surface area contributed by atoms with Crippen molar-refractivity contribution < 1.29 is 17.9 Å². The predicted molar refractivity (Wildman–Crippen MR) is 66.7 cm³/mol. The molecule has 102 valence electrons. The summed E-state index contributed by atoms with van der Waals surface area (Å²) in [7, 11) is -1.22. The molecular formula is C11H23NO4S. The zero-order chi connectivity index (χ0) is 12.8. The Morgan fingerprint density at radius 1 is 1.29 bits per heavy atom. The summed E-state index contributed by atoms with van der Waals surface area (Å²) in [6, 6.07) is 0. The van der Waals surface area contributed by atoms with Crippen LogP contribution in [0.5, 0.6) is 0 Å². The summed E-state index contributed by atoms with van der Waals surface area (Å²) in [5.74, 6) is 0.531. The first-order valence-electron chi connectivity index (χ1n) is 6.01. The van der Waals surface area contributed by atoms with Crippen LogP contribution in [0.3, 0.4) is 0 Å². The molecular weight excluding hydrogens is 242 g/mol. The van der Waals surface area contributed by atoms with E-state index in [1.807, 2.05) is 0 Å². The number of hydrogen-bond acceptors (Lipinski definition) is 5. The Balaban J connectivity index is 2.24. The van der Waals surface area contributed by atoms with E-state index in [-0.39, 0.29) is 16.9 Å². The molecule has 1 unspecified atom stereocenters. The fraction of sp³-hybridized carbons (Fsp3) is 1.00. The van der Waals surface area contributed by atoms with Gasteiger partial charge in [-0.2, -0.15) is 0 Å². The van der Waals surface area contributed by atoms with Crippen LogP contribution in [0, 0.1) is 5.41 Å². The lowest BCUT2D eigenvalue weighted by Crippen LogP contribution is -2.32. The molecule has 1 fully saturated rings. The van der Waals surface area contributed by atoms with Gasteiger partial charge in [0.05, 0.1) is 24.7 Å². The average molecular weight is 265 g/mol. The van der Waals surface area contributed by atoms with Crippen LogP contribution in [0.4, 0.5) is 0 Å². The van der Waals surface area contributed by atoms with E-state index in [9.17, 15) is 8.42 Å². The van der Waals surface area contributed by atoms with Gasteiger partial charge < -0.3 is 15.2 Å². The molecule has 17 heavy (non-hydrogen) atoms. The molecule has 0 aromatic rings. The van der Waals surface area contributed by atoms with Crippen LogP contribution in [0.15, 0.2) is 0 Å². The van der Waals surface area contributed by atoms with Crippen LogP contribution in [-0.2, 0) is 19.3 Å². The highest BCUT2D eigenvalue weighted by Gasteiger charge is 2.40. The van der Waals surface area contributed by atoms with E-state index in [0.717, 1.165) is 12.8 Å². The first kappa shape index (κ1) is 14.9. The third-order valence-electron chi connectivity index (χ3n) is 3.33. The maximum Gasteiger partial charge on any atom is 0.150 e. The molecule has 0 spiro atoms. The van der Waals surface area contributed by atoms with Crippen LogP contribution in [-0.4, -0.2) is 53.4 Å². The van der Waals surface area contributed by atoms with Crippen molar-refractivity contribution in [2.75, 3.05) is 45.0 Å². The van der Waals surface area contributed by atoms with E-state index in [1.165, 1.54) is 0 Å². The third-order valence-corrected chi connectivity index (χ3v) is 5.21. The van der Waals surface area contributed by atoms with Gasteiger partial charge in [0.15, 0.2) is 9.84 Å². The van der Waals surface area contributed by atoms with Crippen molar-refractivity contribution in [2.45, 2.75) is 19.3 Å². The van der Waals surface area contributed by atoms with E-state index < -0.39 is 9.84 Å². The third kappa shape index (κ3) is 4.91. The summed E-state index contributed by atoms with van der Waals surface area (Å²) >= 11 is 0. The summed E-state index contributed by atoms with van der Waals surface area (Å²) in [5, 5.41) is 0. The SMILES string of the molecule is COCCOCCCC1(CN)CCS(=O)(=O)C1. The average Bonchev–Trinajstić information content (AvgIpc) is 2.60. The minimum absolute atomic E-state index is 0.205. The molecule has 2 N–H and O–H groups in total. The van der Waals surface area contributed by atoms with E-state index in [1.54, 1.807) is 7.11 Å². The van der Waals surface area contributed by atoms with E-state index >= 15 is 0 Å². The maximum absolute atomic E-state index is 11.5. The number of ether oxygens (including phenoxy) is 2. The smallest absolute Gasteiger partial charge is 0.150 e. The van der Waals surface area contributed by atoms with Crippen LogP contribution in [0.1, 0.15) is 19.3 Å². The van der Waals surface area contributed by atoms with Crippen LogP contribution in [0.2, 0.25) is 0 Å². The number of methoxy groups -OCH3 is 1. The van der Waals surface area contributed by atoms with E-state index in [4.69, 9.17) is 15.2 Å². The van der Waals surface area contributed by atoms with Crippen molar-refractivity contribution in [3.8, 4) is 0 Å². The van der Waals surface area contributed by atoms with Gasteiger partial charge in [-0.1, -0.05) is 0 Å². The largest absolute Gasteiger partial charge is 0.382 e. The zero-order valence-corrected chi connectivity index (χ0v) is 11.3. The number of rotatable bonds is 8.